The molecule has 2 aromatic heterocycles. The molecule has 0 atom stereocenters. The summed E-state index contributed by atoms with van der Waals surface area (Å²) in [5, 5.41) is 11.0. The van der Waals surface area contributed by atoms with E-state index in [1.807, 2.05) is 61.7 Å². The molecule has 212 valence electrons. The van der Waals surface area contributed by atoms with Crippen LogP contribution in [0.5, 0.6) is 11.6 Å². The van der Waals surface area contributed by atoms with Gasteiger partial charge in [0.2, 0.25) is 5.88 Å². The SMILES string of the molecule is CCCN1C(=O)/C(=C/c2cc(C)n(-c3ccc(Oc4ccc([N+](=O)[O-])cn4)cc3)c2C)C(=O)N(c2ccccc2)C1=S. The summed E-state index contributed by atoms with van der Waals surface area (Å²) >= 11 is 5.59. The quantitative estimate of drug-likeness (QED) is 0.0808. The number of anilines is 1. The van der Waals surface area contributed by atoms with Crippen molar-refractivity contribution in [1.29, 1.82) is 0 Å². The molecule has 5 rings (SSSR count). The van der Waals surface area contributed by atoms with Crippen LogP contribution in [0.2, 0.25) is 0 Å². The molecule has 4 aromatic rings. The van der Waals surface area contributed by atoms with Crippen LogP contribution in [0.1, 0.15) is 30.3 Å². The van der Waals surface area contributed by atoms with Crippen LogP contribution in [0.3, 0.4) is 0 Å². The van der Waals surface area contributed by atoms with Gasteiger partial charge in [0.25, 0.3) is 17.5 Å². The smallest absolute Gasteiger partial charge is 0.287 e. The van der Waals surface area contributed by atoms with Crippen molar-refractivity contribution in [3.05, 3.63) is 112 Å². The van der Waals surface area contributed by atoms with Gasteiger partial charge in [-0.2, -0.15) is 0 Å². The van der Waals surface area contributed by atoms with E-state index in [0.717, 1.165) is 28.8 Å². The average molecular weight is 582 g/mol. The van der Waals surface area contributed by atoms with Gasteiger partial charge in [-0.3, -0.25) is 29.5 Å². The number of nitro groups is 1. The predicted octanol–water partition coefficient (Wildman–Crippen LogP) is 6.14. The number of aryl methyl sites for hydroxylation is 1. The van der Waals surface area contributed by atoms with E-state index in [4.69, 9.17) is 17.0 Å². The van der Waals surface area contributed by atoms with Gasteiger partial charge < -0.3 is 9.30 Å². The van der Waals surface area contributed by atoms with E-state index in [1.165, 1.54) is 21.9 Å². The second-order valence-corrected chi connectivity index (χ2v) is 10.0. The Balaban J connectivity index is 1.45. The Kier molecular flexibility index (Phi) is 7.94. The maximum atomic E-state index is 13.7. The molecule has 0 saturated carbocycles. The first-order valence-corrected chi connectivity index (χ1v) is 13.6. The first-order chi connectivity index (χ1) is 20.2. The van der Waals surface area contributed by atoms with Gasteiger partial charge in [-0.1, -0.05) is 25.1 Å². The molecule has 1 fully saturated rings. The number of carbonyl (C=O) groups excluding carboxylic acids is 2. The number of thiocarbonyl (C=S) groups is 1. The summed E-state index contributed by atoms with van der Waals surface area (Å²) in [7, 11) is 0. The number of ether oxygens (including phenoxy) is 1. The molecule has 11 heteroatoms. The van der Waals surface area contributed by atoms with Crippen molar-refractivity contribution in [3.8, 4) is 17.3 Å². The van der Waals surface area contributed by atoms with Crippen molar-refractivity contribution in [2.24, 2.45) is 0 Å². The van der Waals surface area contributed by atoms with Crippen molar-refractivity contribution in [2.75, 3.05) is 11.4 Å². The molecule has 42 heavy (non-hydrogen) atoms. The number of nitrogens with zero attached hydrogens (tertiary/aromatic N) is 5. The minimum Gasteiger partial charge on any atom is -0.439 e. The molecule has 0 N–H and O–H groups in total. The molecule has 0 unspecified atom stereocenters. The lowest BCUT2D eigenvalue weighted by molar-refractivity contribution is -0.385. The molecular formula is C31H27N5O5S. The number of pyridine rings is 1. The zero-order valence-corrected chi connectivity index (χ0v) is 24.0. The minimum atomic E-state index is -0.521. The van der Waals surface area contributed by atoms with Crippen LogP contribution >= 0.6 is 12.2 Å². The van der Waals surface area contributed by atoms with E-state index in [1.54, 1.807) is 30.3 Å². The largest absolute Gasteiger partial charge is 0.439 e. The maximum Gasteiger partial charge on any atom is 0.287 e. The Bertz CT molecular complexity index is 1710. The third-order valence-corrected chi connectivity index (χ3v) is 7.21. The summed E-state index contributed by atoms with van der Waals surface area (Å²) in [5.74, 6) is -0.130. The average Bonchev–Trinajstić information content (AvgIpc) is 3.27. The van der Waals surface area contributed by atoms with Crippen LogP contribution in [-0.4, -0.2) is 42.8 Å². The molecule has 0 spiro atoms. The molecule has 1 saturated heterocycles. The Labute approximate surface area is 247 Å². The topological polar surface area (TPSA) is 111 Å². The lowest BCUT2D eigenvalue weighted by Gasteiger charge is -2.36. The number of para-hydroxylation sites is 1. The normalized spacial score (nSPS) is 14.5. The second-order valence-electron chi connectivity index (χ2n) is 9.64. The number of rotatable bonds is 8. The van der Waals surface area contributed by atoms with Crippen LogP contribution in [0.15, 0.2) is 84.6 Å². The van der Waals surface area contributed by atoms with Gasteiger partial charge in [0.15, 0.2) is 5.11 Å². The summed E-state index contributed by atoms with van der Waals surface area (Å²) in [5.41, 5.74) is 3.85. The Morgan fingerprint density at radius 3 is 2.31 bits per heavy atom. The summed E-state index contributed by atoms with van der Waals surface area (Å²) < 4.78 is 7.75. The molecule has 0 aliphatic carbocycles. The molecule has 1 aliphatic heterocycles. The van der Waals surface area contributed by atoms with Crippen LogP contribution in [0, 0.1) is 24.0 Å². The van der Waals surface area contributed by atoms with Crippen molar-refractivity contribution >= 4 is 46.6 Å². The zero-order valence-electron chi connectivity index (χ0n) is 23.2. The number of benzene rings is 2. The molecule has 1 aliphatic rings. The number of carbonyl (C=O) groups is 2. The molecule has 2 aromatic carbocycles. The summed E-state index contributed by atoms with van der Waals surface area (Å²) in [6, 6.07) is 21.0. The van der Waals surface area contributed by atoms with Crippen LogP contribution in [0.4, 0.5) is 11.4 Å². The van der Waals surface area contributed by atoms with Gasteiger partial charge in [0.05, 0.1) is 10.6 Å². The Hall–Kier alpha value is -5.16. The molecule has 10 nitrogen and oxygen atoms in total. The number of aromatic nitrogens is 2. The van der Waals surface area contributed by atoms with E-state index in [9.17, 15) is 19.7 Å². The summed E-state index contributed by atoms with van der Waals surface area (Å²) in [6.45, 7) is 6.22. The van der Waals surface area contributed by atoms with E-state index in [2.05, 4.69) is 4.98 Å². The molecule has 0 bridgehead atoms. The highest BCUT2D eigenvalue weighted by molar-refractivity contribution is 7.80. The van der Waals surface area contributed by atoms with Gasteiger partial charge in [-0.15, -0.1) is 0 Å². The van der Waals surface area contributed by atoms with Gasteiger partial charge in [0.1, 0.15) is 17.5 Å². The number of hydrogen-bond donors (Lipinski definition) is 0. The third-order valence-electron chi connectivity index (χ3n) is 6.81. The van der Waals surface area contributed by atoms with Gasteiger partial charge in [-0.25, -0.2) is 4.98 Å². The molecule has 0 radical (unpaired) electrons. The van der Waals surface area contributed by atoms with E-state index in [-0.39, 0.29) is 22.3 Å². The summed E-state index contributed by atoms with van der Waals surface area (Å²) in [4.78, 5) is 44.4. The van der Waals surface area contributed by atoms with Crippen molar-refractivity contribution in [3.63, 3.8) is 0 Å². The van der Waals surface area contributed by atoms with Gasteiger partial charge >= 0.3 is 0 Å². The van der Waals surface area contributed by atoms with E-state index < -0.39 is 16.7 Å². The van der Waals surface area contributed by atoms with Crippen LogP contribution in [0.25, 0.3) is 11.8 Å². The standard InChI is InChI=1S/C31H27N5O5S/c1-4-16-33-29(37)27(30(38)35(31(33)42)23-8-6-5-7-9-23)18-22-17-20(2)34(21(22)3)24-10-13-26(14-11-24)41-28-15-12-25(19-32-28)36(39)40/h5-15,17-19H,4,16H2,1-3H3/b27-18-. The molecule has 2 amide bonds. The molecular weight excluding hydrogens is 554 g/mol. The first kappa shape index (κ1) is 28.4. The third kappa shape index (κ3) is 5.41. The van der Waals surface area contributed by atoms with E-state index in [0.29, 0.717) is 24.4 Å². The zero-order chi connectivity index (χ0) is 30.0. The maximum absolute atomic E-state index is 13.7. The lowest BCUT2D eigenvalue weighted by atomic mass is 10.1. The monoisotopic (exact) mass is 581 g/mol. The highest BCUT2D eigenvalue weighted by atomic mass is 32.1. The lowest BCUT2D eigenvalue weighted by Crippen LogP contribution is -2.56. The fourth-order valence-corrected chi connectivity index (χ4v) is 5.17. The molecule has 3 heterocycles. The predicted molar refractivity (Wildman–Crippen MR) is 163 cm³/mol. The highest BCUT2D eigenvalue weighted by Gasteiger charge is 2.40. The number of amides is 2. The fraction of sp³-hybridized carbons (Fsp3) is 0.161. The minimum absolute atomic E-state index is 0.0421. The van der Waals surface area contributed by atoms with Gasteiger partial charge in [-0.05, 0) is 86.6 Å². The fourth-order valence-electron chi connectivity index (χ4n) is 4.81. The van der Waals surface area contributed by atoms with E-state index >= 15 is 0 Å². The van der Waals surface area contributed by atoms with Gasteiger partial charge in [0, 0.05) is 35.8 Å². The van der Waals surface area contributed by atoms with Crippen molar-refractivity contribution in [1.82, 2.24) is 14.5 Å². The Morgan fingerprint density at radius 1 is 0.976 bits per heavy atom. The first-order valence-electron chi connectivity index (χ1n) is 13.2. The number of hydrogen-bond acceptors (Lipinski definition) is 7. The highest BCUT2D eigenvalue weighted by Crippen LogP contribution is 2.30. The van der Waals surface area contributed by atoms with Crippen molar-refractivity contribution < 1.29 is 19.2 Å². The van der Waals surface area contributed by atoms with Crippen molar-refractivity contribution in [2.45, 2.75) is 27.2 Å². The van der Waals surface area contributed by atoms with Crippen LogP contribution in [-0.2, 0) is 9.59 Å². The van der Waals surface area contributed by atoms with Crippen LogP contribution < -0.4 is 9.64 Å². The summed E-state index contributed by atoms with van der Waals surface area (Å²) in [6.07, 6.45) is 3.47. The Morgan fingerprint density at radius 2 is 1.69 bits per heavy atom. The second kappa shape index (κ2) is 11.8.